The number of carbonyl (C=O) groups excluding carboxylic acids is 1. The third-order valence-electron chi connectivity index (χ3n) is 1.37. The van der Waals surface area contributed by atoms with E-state index in [1.807, 2.05) is 13.0 Å². The summed E-state index contributed by atoms with van der Waals surface area (Å²) >= 11 is 1.68. The van der Waals surface area contributed by atoms with Crippen LogP contribution in [0.15, 0.2) is 17.8 Å². The van der Waals surface area contributed by atoms with Crippen molar-refractivity contribution in [1.82, 2.24) is 5.32 Å². The van der Waals surface area contributed by atoms with Crippen molar-refractivity contribution < 1.29 is 9.63 Å². The molecule has 14 heavy (non-hydrogen) atoms. The van der Waals surface area contributed by atoms with Crippen molar-refractivity contribution in [1.29, 1.82) is 0 Å². The molecular weight excluding hydrogens is 200 g/mol. The van der Waals surface area contributed by atoms with Crippen LogP contribution in [0.4, 0.5) is 4.79 Å². The van der Waals surface area contributed by atoms with Crippen molar-refractivity contribution in [3.63, 3.8) is 0 Å². The first kappa shape index (κ1) is 13.0. The van der Waals surface area contributed by atoms with Gasteiger partial charge in [0.2, 0.25) is 0 Å². The quantitative estimate of drug-likeness (QED) is 0.243. The Labute approximate surface area is 88.8 Å². The molecule has 0 saturated carbocycles. The largest absolute Gasteiger partial charge is 0.433 e. The molecule has 1 N–H and O–H groups in total. The van der Waals surface area contributed by atoms with Gasteiger partial charge in [-0.1, -0.05) is 18.2 Å². The molecule has 0 heterocycles. The van der Waals surface area contributed by atoms with E-state index in [-0.39, 0.29) is 0 Å². The Hall–Kier alpha value is -0.970. The molecule has 0 aromatic rings. The Kier molecular flexibility index (Phi) is 8.02. The fourth-order valence-electron chi connectivity index (χ4n) is 0.605. The smallest absolute Gasteiger partial charge is 0.323 e. The lowest BCUT2D eigenvalue weighted by atomic mass is 10.3. The minimum atomic E-state index is -0.537. The van der Waals surface area contributed by atoms with Crippen LogP contribution in [0.25, 0.3) is 0 Å². The number of hydrogen-bond acceptors (Lipinski definition) is 4. The average molecular weight is 216 g/mol. The Bertz CT molecular complexity index is 217. The summed E-state index contributed by atoms with van der Waals surface area (Å²) in [7, 11) is 1.50. The third-order valence-corrected chi connectivity index (χ3v) is 2.38. The summed E-state index contributed by atoms with van der Waals surface area (Å²) < 4.78 is 0. The molecule has 0 aromatic carbocycles. The summed E-state index contributed by atoms with van der Waals surface area (Å²) in [5.74, 6) is 1.64. The van der Waals surface area contributed by atoms with Gasteiger partial charge in [-0.3, -0.25) is 4.84 Å². The molecule has 1 amide bonds. The molecule has 0 aliphatic rings. The van der Waals surface area contributed by atoms with Crippen molar-refractivity contribution in [2.24, 2.45) is 5.16 Å². The van der Waals surface area contributed by atoms with E-state index in [1.54, 1.807) is 11.8 Å². The molecule has 0 aliphatic carbocycles. The number of nitrogens with zero attached hydrogens (tertiary/aromatic N) is 1. The van der Waals surface area contributed by atoms with Gasteiger partial charge < -0.3 is 5.32 Å². The Balaban J connectivity index is 3.85. The molecular formula is C9H16N2O2S. The highest BCUT2D eigenvalue weighted by Gasteiger charge is 2.00. The Morgan fingerprint density at radius 1 is 1.71 bits per heavy atom. The van der Waals surface area contributed by atoms with Crippen molar-refractivity contribution in [3.8, 4) is 0 Å². The van der Waals surface area contributed by atoms with Crippen LogP contribution >= 0.6 is 11.8 Å². The van der Waals surface area contributed by atoms with Gasteiger partial charge in [0.1, 0.15) is 0 Å². The van der Waals surface area contributed by atoms with E-state index in [0.717, 1.165) is 23.6 Å². The van der Waals surface area contributed by atoms with Gasteiger partial charge in [-0.15, -0.1) is 6.58 Å². The Morgan fingerprint density at radius 2 is 2.43 bits per heavy atom. The predicted octanol–water partition coefficient (Wildman–Crippen LogP) is 2.03. The summed E-state index contributed by atoms with van der Waals surface area (Å²) in [5.41, 5.74) is 0.862. The van der Waals surface area contributed by atoms with E-state index < -0.39 is 6.09 Å². The van der Waals surface area contributed by atoms with Crippen molar-refractivity contribution in [3.05, 3.63) is 12.7 Å². The molecule has 0 rings (SSSR count). The monoisotopic (exact) mass is 216 g/mol. The van der Waals surface area contributed by atoms with Crippen LogP contribution in [0.2, 0.25) is 0 Å². The van der Waals surface area contributed by atoms with Crippen LogP contribution in [0, 0.1) is 0 Å². The van der Waals surface area contributed by atoms with Crippen LogP contribution in [-0.2, 0) is 4.84 Å². The number of rotatable bonds is 6. The second kappa shape index (κ2) is 8.62. The number of hydrogen-bond donors (Lipinski definition) is 1. The Morgan fingerprint density at radius 3 is 2.93 bits per heavy atom. The maximum Gasteiger partial charge on any atom is 0.433 e. The highest BCUT2D eigenvalue weighted by atomic mass is 32.2. The molecule has 0 fully saturated rings. The molecule has 5 heteroatoms. The van der Waals surface area contributed by atoms with Gasteiger partial charge in [-0.2, -0.15) is 11.8 Å². The molecule has 0 radical (unpaired) electrons. The summed E-state index contributed by atoms with van der Waals surface area (Å²) in [6.45, 7) is 5.59. The second-order valence-corrected chi connectivity index (χ2v) is 3.47. The molecule has 80 valence electrons. The lowest BCUT2D eigenvalue weighted by molar-refractivity contribution is 0.153. The highest BCUT2D eigenvalue weighted by molar-refractivity contribution is 8.00. The molecule has 4 nitrogen and oxygen atoms in total. The van der Waals surface area contributed by atoms with Gasteiger partial charge in [0.15, 0.2) is 0 Å². The zero-order valence-electron chi connectivity index (χ0n) is 8.58. The topological polar surface area (TPSA) is 50.7 Å². The molecule has 0 unspecified atom stereocenters. The SMILES string of the molecule is C=CCSCC(CC)=NOC(=O)NC. The van der Waals surface area contributed by atoms with Crippen LogP contribution in [0.1, 0.15) is 13.3 Å². The van der Waals surface area contributed by atoms with Crippen LogP contribution in [0.5, 0.6) is 0 Å². The van der Waals surface area contributed by atoms with E-state index in [0.29, 0.717) is 0 Å². The van der Waals surface area contributed by atoms with E-state index in [1.165, 1.54) is 7.05 Å². The molecule has 0 aromatic heterocycles. The van der Waals surface area contributed by atoms with E-state index in [4.69, 9.17) is 0 Å². The first-order valence-electron chi connectivity index (χ1n) is 4.37. The number of oxime groups is 1. The summed E-state index contributed by atoms with van der Waals surface area (Å²) in [5, 5.41) is 6.05. The number of thioether (sulfide) groups is 1. The fourth-order valence-corrected chi connectivity index (χ4v) is 1.38. The molecule has 0 spiro atoms. The van der Waals surface area contributed by atoms with Crippen molar-refractivity contribution in [2.45, 2.75) is 13.3 Å². The lowest BCUT2D eigenvalue weighted by Crippen LogP contribution is -2.17. The number of amides is 1. The normalized spacial score (nSPS) is 10.9. The van der Waals surface area contributed by atoms with Crippen LogP contribution < -0.4 is 5.32 Å². The van der Waals surface area contributed by atoms with E-state index in [2.05, 4.69) is 21.9 Å². The minimum Gasteiger partial charge on any atom is -0.323 e. The van der Waals surface area contributed by atoms with E-state index >= 15 is 0 Å². The zero-order chi connectivity index (χ0) is 10.8. The van der Waals surface area contributed by atoms with Crippen molar-refractivity contribution in [2.75, 3.05) is 18.6 Å². The van der Waals surface area contributed by atoms with Gasteiger partial charge in [-0.05, 0) is 6.42 Å². The van der Waals surface area contributed by atoms with Gasteiger partial charge in [-0.25, -0.2) is 4.79 Å². The second-order valence-electron chi connectivity index (χ2n) is 2.44. The maximum atomic E-state index is 10.7. The number of nitrogens with one attached hydrogen (secondary N) is 1. The third kappa shape index (κ3) is 6.54. The standard InChI is InChI=1S/C9H16N2O2S/c1-4-6-14-7-8(5-2)11-13-9(12)10-3/h4H,1,5-7H2,2-3H3,(H,10,12). The molecule has 0 aliphatic heterocycles. The summed E-state index contributed by atoms with van der Waals surface area (Å²) in [6.07, 6.45) is 2.07. The minimum absolute atomic E-state index is 0.537. The average Bonchev–Trinajstić information content (AvgIpc) is 2.22. The molecule has 0 saturated heterocycles. The van der Waals surface area contributed by atoms with Gasteiger partial charge in [0.25, 0.3) is 0 Å². The first-order valence-corrected chi connectivity index (χ1v) is 5.53. The maximum absolute atomic E-state index is 10.7. The summed E-state index contributed by atoms with van der Waals surface area (Å²) in [4.78, 5) is 15.3. The van der Waals surface area contributed by atoms with Gasteiger partial charge >= 0.3 is 6.09 Å². The fraction of sp³-hybridized carbons (Fsp3) is 0.556. The predicted molar refractivity (Wildman–Crippen MR) is 60.8 cm³/mol. The lowest BCUT2D eigenvalue weighted by Gasteiger charge is -2.01. The van der Waals surface area contributed by atoms with Crippen molar-refractivity contribution >= 4 is 23.6 Å². The molecule has 0 bridgehead atoms. The summed E-state index contributed by atoms with van der Waals surface area (Å²) in [6, 6.07) is 0. The van der Waals surface area contributed by atoms with Gasteiger partial charge in [0.05, 0.1) is 5.71 Å². The zero-order valence-corrected chi connectivity index (χ0v) is 9.39. The highest BCUT2D eigenvalue weighted by Crippen LogP contribution is 2.03. The van der Waals surface area contributed by atoms with Crippen LogP contribution in [-0.4, -0.2) is 30.4 Å². The van der Waals surface area contributed by atoms with Crippen LogP contribution in [0.3, 0.4) is 0 Å². The first-order chi connectivity index (χ1) is 6.74. The van der Waals surface area contributed by atoms with E-state index in [9.17, 15) is 4.79 Å². The van der Waals surface area contributed by atoms with Gasteiger partial charge in [0, 0.05) is 18.6 Å². The molecule has 0 atom stereocenters. The number of carbonyl (C=O) groups is 1.